The minimum atomic E-state index is -0.550. The monoisotopic (exact) mass is 441 g/mol. The highest BCUT2D eigenvalue weighted by Gasteiger charge is 2.12. The van der Waals surface area contributed by atoms with Gasteiger partial charge in [0, 0.05) is 39.0 Å². The van der Waals surface area contributed by atoms with Crippen molar-refractivity contribution < 1.29 is 14.5 Å². The molecule has 30 heavy (non-hydrogen) atoms. The normalized spacial score (nSPS) is 10.3. The molecule has 0 spiro atoms. The highest BCUT2D eigenvalue weighted by molar-refractivity contribution is 8.00. The lowest BCUT2D eigenvalue weighted by molar-refractivity contribution is -0.384. The summed E-state index contributed by atoms with van der Waals surface area (Å²) in [5, 5.41) is 16.8. The number of thioether (sulfide) groups is 1. The molecule has 0 saturated carbocycles. The van der Waals surface area contributed by atoms with Crippen LogP contribution in [0.2, 0.25) is 5.02 Å². The summed E-state index contributed by atoms with van der Waals surface area (Å²) in [6.45, 7) is 0. The molecule has 0 heterocycles. The molecular weight excluding hydrogens is 426 g/mol. The van der Waals surface area contributed by atoms with E-state index in [1.807, 2.05) is 0 Å². The lowest BCUT2D eigenvalue weighted by Crippen LogP contribution is -2.14. The molecule has 3 aromatic rings. The number of amides is 2. The smallest absolute Gasteiger partial charge is 0.270 e. The lowest BCUT2D eigenvalue weighted by atomic mass is 10.2. The van der Waals surface area contributed by atoms with Crippen LogP contribution < -0.4 is 10.6 Å². The Kier molecular flexibility index (Phi) is 7.05. The van der Waals surface area contributed by atoms with Crippen molar-refractivity contribution in [1.82, 2.24) is 0 Å². The second-order valence-corrected chi connectivity index (χ2v) is 7.62. The standard InChI is InChI=1S/C21H16ClN3O4S/c22-15-4-2-5-17(12-15)23-20(26)13-30-19-9-7-16(8-10-19)24-21(27)14-3-1-6-18(11-14)25(28)29/h1-12H,13H2,(H,23,26)(H,24,27). The number of hydrogen-bond donors (Lipinski definition) is 2. The molecule has 7 nitrogen and oxygen atoms in total. The van der Waals surface area contributed by atoms with Crippen LogP contribution in [0.4, 0.5) is 17.1 Å². The van der Waals surface area contributed by atoms with Crippen molar-refractivity contribution in [2.24, 2.45) is 0 Å². The van der Waals surface area contributed by atoms with Crippen LogP contribution in [-0.4, -0.2) is 22.5 Å². The molecule has 3 rings (SSSR count). The summed E-state index contributed by atoms with van der Waals surface area (Å²) < 4.78 is 0. The molecule has 0 bridgehead atoms. The number of nitro benzene ring substituents is 1. The quantitative estimate of drug-likeness (QED) is 0.297. The van der Waals surface area contributed by atoms with Crippen LogP contribution in [0.5, 0.6) is 0 Å². The van der Waals surface area contributed by atoms with Crippen molar-refractivity contribution in [2.45, 2.75) is 4.90 Å². The van der Waals surface area contributed by atoms with Crippen molar-refractivity contribution in [3.63, 3.8) is 0 Å². The van der Waals surface area contributed by atoms with Gasteiger partial charge in [0.05, 0.1) is 10.7 Å². The van der Waals surface area contributed by atoms with Gasteiger partial charge in [-0.3, -0.25) is 19.7 Å². The predicted octanol–water partition coefficient (Wildman–Crippen LogP) is 5.23. The molecule has 3 aromatic carbocycles. The minimum Gasteiger partial charge on any atom is -0.325 e. The van der Waals surface area contributed by atoms with Crippen LogP contribution in [0.25, 0.3) is 0 Å². The summed E-state index contributed by atoms with van der Waals surface area (Å²) >= 11 is 7.24. The van der Waals surface area contributed by atoms with E-state index in [9.17, 15) is 19.7 Å². The molecule has 0 aliphatic heterocycles. The van der Waals surface area contributed by atoms with E-state index in [-0.39, 0.29) is 22.9 Å². The summed E-state index contributed by atoms with van der Waals surface area (Å²) in [6.07, 6.45) is 0. The number of nitrogens with one attached hydrogen (secondary N) is 2. The Hall–Kier alpha value is -3.36. The van der Waals surface area contributed by atoms with Gasteiger partial charge < -0.3 is 10.6 Å². The Labute approximate surface area is 181 Å². The molecule has 0 aliphatic carbocycles. The molecule has 152 valence electrons. The molecule has 0 radical (unpaired) electrons. The maximum absolute atomic E-state index is 12.3. The highest BCUT2D eigenvalue weighted by Crippen LogP contribution is 2.22. The van der Waals surface area contributed by atoms with Gasteiger partial charge in [-0.15, -0.1) is 11.8 Å². The first-order valence-corrected chi connectivity index (χ1v) is 10.1. The highest BCUT2D eigenvalue weighted by atomic mass is 35.5. The fraction of sp³-hybridized carbons (Fsp3) is 0.0476. The van der Waals surface area contributed by atoms with E-state index < -0.39 is 10.8 Å². The van der Waals surface area contributed by atoms with Crippen molar-refractivity contribution in [3.8, 4) is 0 Å². The number of hydrogen-bond acceptors (Lipinski definition) is 5. The van der Waals surface area contributed by atoms with Gasteiger partial charge in [-0.25, -0.2) is 0 Å². The third-order valence-corrected chi connectivity index (χ3v) is 5.16. The van der Waals surface area contributed by atoms with E-state index in [2.05, 4.69) is 10.6 Å². The van der Waals surface area contributed by atoms with Crippen LogP contribution in [-0.2, 0) is 4.79 Å². The fourth-order valence-electron chi connectivity index (χ4n) is 2.51. The van der Waals surface area contributed by atoms with E-state index in [0.717, 1.165) is 4.90 Å². The first-order chi connectivity index (χ1) is 14.4. The number of carbonyl (C=O) groups excluding carboxylic acids is 2. The fourth-order valence-corrected chi connectivity index (χ4v) is 3.40. The number of nitro groups is 1. The van der Waals surface area contributed by atoms with Gasteiger partial charge in [-0.2, -0.15) is 0 Å². The molecule has 0 saturated heterocycles. The Balaban J connectivity index is 1.53. The van der Waals surface area contributed by atoms with Gasteiger partial charge in [0.2, 0.25) is 5.91 Å². The summed E-state index contributed by atoms with van der Waals surface area (Å²) in [5.41, 5.74) is 1.22. The second kappa shape index (κ2) is 9.91. The minimum absolute atomic E-state index is 0.148. The average molecular weight is 442 g/mol. The van der Waals surface area contributed by atoms with Crippen molar-refractivity contribution in [3.05, 3.63) is 93.5 Å². The molecule has 0 unspecified atom stereocenters. The van der Waals surface area contributed by atoms with E-state index in [1.54, 1.807) is 48.5 Å². The zero-order chi connectivity index (χ0) is 21.5. The van der Waals surface area contributed by atoms with Gasteiger partial charge in [-0.1, -0.05) is 23.7 Å². The van der Waals surface area contributed by atoms with Gasteiger partial charge in [-0.05, 0) is 48.5 Å². The number of non-ortho nitro benzene ring substituents is 1. The first kappa shape index (κ1) is 21.4. The molecule has 0 fully saturated rings. The topological polar surface area (TPSA) is 101 Å². The Morgan fingerprint density at radius 2 is 1.67 bits per heavy atom. The van der Waals surface area contributed by atoms with Gasteiger partial charge in [0.25, 0.3) is 11.6 Å². The summed E-state index contributed by atoms with van der Waals surface area (Å²) in [6, 6.07) is 19.4. The molecule has 0 aliphatic rings. The lowest BCUT2D eigenvalue weighted by Gasteiger charge is -2.08. The molecule has 2 N–H and O–H groups in total. The summed E-state index contributed by atoms with van der Waals surface area (Å²) in [7, 11) is 0. The van der Waals surface area contributed by atoms with Crippen molar-refractivity contribution in [2.75, 3.05) is 16.4 Å². The van der Waals surface area contributed by atoms with Gasteiger partial charge in [0.15, 0.2) is 0 Å². The molecule has 0 aromatic heterocycles. The van der Waals surface area contributed by atoms with Gasteiger partial charge >= 0.3 is 0 Å². The SMILES string of the molecule is O=C(CSc1ccc(NC(=O)c2cccc([N+](=O)[O-])c2)cc1)Nc1cccc(Cl)c1. The number of anilines is 2. The van der Waals surface area contributed by atoms with Crippen LogP contribution in [0, 0.1) is 10.1 Å². The number of rotatable bonds is 7. The van der Waals surface area contributed by atoms with Crippen molar-refractivity contribution in [1.29, 1.82) is 0 Å². The average Bonchev–Trinajstić information content (AvgIpc) is 2.73. The van der Waals surface area contributed by atoms with Crippen LogP contribution in [0.1, 0.15) is 10.4 Å². The summed E-state index contributed by atoms with van der Waals surface area (Å²) in [5.74, 6) is -0.392. The summed E-state index contributed by atoms with van der Waals surface area (Å²) in [4.78, 5) is 35.5. The maximum atomic E-state index is 12.3. The van der Waals surface area contributed by atoms with Crippen LogP contribution in [0.15, 0.2) is 77.7 Å². The van der Waals surface area contributed by atoms with E-state index in [1.165, 1.54) is 36.0 Å². The number of carbonyl (C=O) groups is 2. The number of halogens is 1. The Morgan fingerprint density at radius 3 is 2.37 bits per heavy atom. The maximum Gasteiger partial charge on any atom is 0.270 e. The number of nitrogens with zero attached hydrogens (tertiary/aromatic N) is 1. The largest absolute Gasteiger partial charge is 0.325 e. The van der Waals surface area contributed by atoms with E-state index in [4.69, 9.17) is 11.6 Å². The second-order valence-electron chi connectivity index (χ2n) is 6.13. The zero-order valence-electron chi connectivity index (χ0n) is 15.5. The molecule has 2 amide bonds. The zero-order valence-corrected chi connectivity index (χ0v) is 17.1. The predicted molar refractivity (Wildman–Crippen MR) is 118 cm³/mol. The third-order valence-electron chi connectivity index (χ3n) is 3.91. The molecular formula is C21H16ClN3O4S. The van der Waals surface area contributed by atoms with Crippen LogP contribution >= 0.6 is 23.4 Å². The van der Waals surface area contributed by atoms with Gasteiger partial charge in [0.1, 0.15) is 0 Å². The van der Waals surface area contributed by atoms with Crippen molar-refractivity contribution >= 4 is 52.2 Å². The number of benzene rings is 3. The third kappa shape index (κ3) is 6.07. The van der Waals surface area contributed by atoms with E-state index in [0.29, 0.717) is 16.4 Å². The van der Waals surface area contributed by atoms with E-state index >= 15 is 0 Å². The Morgan fingerprint density at radius 1 is 0.933 bits per heavy atom. The Bertz CT molecular complexity index is 1090. The molecule has 0 atom stereocenters. The van der Waals surface area contributed by atoms with Crippen LogP contribution in [0.3, 0.4) is 0 Å². The molecule has 9 heteroatoms. The first-order valence-electron chi connectivity index (χ1n) is 8.75.